The summed E-state index contributed by atoms with van der Waals surface area (Å²) in [5.74, 6) is 0.108. The zero-order chi connectivity index (χ0) is 38.2. The van der Waals surface area contributed by atoms with E-state index in [-0.39, 0.29) is 97.9 Å². The number of fused-ring (bicyclic) bond motifs is 4. The van der Waals surface area contributed by atoms with Gasteiger partial charge in [-0.05, 0) is 86.9 Å². The predicted molar refractivity (Wildman–Crippen MR) is 197 cm³/mol. The van der Waals surface area contributed by atoms with Crippen LogP contribution in [0.1, 0.15) is 57.8 Å². The van der Waals surface area contributed by atoms with E-state index < -0.39 is 41.5 Å². The van der Waals surface area contributed by atoms with E-state index >= 15 is 4.79 Å². The van der Waals surface area contributed by atoms with Gasteiger partial charge in [-0.1, -0.05) is 0 Å². The maximum Gasteiger partial charge on any atom is 0.202 e. The summed E-state index contributed by atoms with van der Waals surface area (Å²) >= 11 is 0. The fraction of sp³-hybridized carbons (Fsp3) is 0.525. The molecule has 13 heteroatoms. The summed E-state index contributed by atoms with van der Waals surface area (Å²) in [5.41, 5.74) is -0.302. The van der Waals surface area contributed by atoms with Crippen molar-refractivity contribution in [3.63, 3.8) is 0 Å². The third kappa shape index (κ3) is 5.38. The van der Waals surface area contributed by atoms with Crippen LogP contribution in [0.3, 0.4) is 0 Å². The molecule has 10 unspecified atom stereocenters. The molecule has 4 aromatic rings. The van der Waals surface area contributed by atoms with Crippen molar-refractivity contribution in [1.29, 1.82) is 0 Å². The summed E-state index contributed by atoms with van der Waals surface area (Å²) in [6.45, 7) is 9.13. The average molecular weight is 733 g/mol. The average Bonchev–Trinajstić information content (AvgIpc) is 4.02. The van der Waals surface area contributed by atoms with E-state index in [1.807, 2.05) is 51.8 Å². The van der Waals surface area contributed by atoms with Crippen molar-refractivity contribution in [2.75, 3.05) is 28.2 Å². The lowest BCUT2D eigenvalue weighted by Gasteiger charge is -2.49. The lowest BCUT2D eigenvalue weighted by Crippen LogP contribution is -2.59. The molecule has 4 fully saturated rings. The predicted octanol–water partition coefficient (Wildman–Crippen LogP) is 2.56. The molecule has 4 saturated heterocycles. The van der Waals surface area contributed by atoms with E-state index in [0.717, 1.165) is 0 Å². The van der Waals surface area contributed by atoms with E-state index in [2.05, 4.69) is 0 Å². The largest absolute Gasteiger partial charge is 0.507 e. The standard InChI is InChI=1S/C40H48N2O11/c1-15-10-21-29(37-27(15)23(43)13-25(52-37)36-38(53-36)35-17(3)51-35)34(47)30-28(33(21)46)19(24-12-22(41(6)7)31(44)16(2)49-24)11-20(32(30)45)26-14-40(5,42(8)9)39(48)18(4)50-26/h10-11,13,16-18,22,26,31,35,38-39,43-46,48H,12,14H2,1-9H3. The molecular formula is C40H48N2O11. The Morgan fingerprint density at radius 3 is 2.19 bits per heavy atom. The maximum atomic E-state index is 15.1. The van der Waals surface area contributed by atoms with E-state index in [1.54, 1.807) is 32.9 Å². The van der Waals surface area contributed by atoms with Gasteiger partial charge in [0.2, 0.25) is 5.43 Å². The molecule has 53 heavy (non-hydrogen) atoms. The van der Waals surface area contributed by atoms with Gasteiger partial charge in [0.15, 0.2) is 22.9 Å². The highest BCUT2D eigenvalue weighted by Gasteiger charge is 2.54. The third-order valence-electron chi connectivity index (χ3n) is 12.2. The fourth-order valence-electron chi connectivity index (χ4n) is 8.64. The first-order valence-corrected chi connectivity index (χ1v) is 18.2. The summed E-state index contributed by atoms with van der Waals surface area (Å²) in [5, 5.41) is 58.9. The summed E-state index contributed by atoms with van der Waals surface area (Å²) in [6.07, 6.45) is -3.63. The van der Waals surface area contributed by atoms with Crippen LogP contribution in [0.2, 0.25) is 0 Å². The number of phenols is 2. The van der Waals surface area contributed by atoms with E-state index in [4.69, 9.17) is 23.4 Å². The SMILES string of the molecule is Cc1cc2c(O)c3c(=C4CC(N(C)C)C(O)C(C)O4)cc(C4CC(C)(N(C)C)C(O)C(C)O4)c(O)c3c(=O)c2c2oc(=C3OC3C3OC3C)cc(O)c12. The number of phenolic OH excluding ortho intramolecular Hbond substituents is 2. The second-order valence-electron chi connectivity index (χ2n) is 16.0. The van der Waals surface area contributed by atoms with Crippen LogP contribution in [-0.4, -0.2) is 118 Å². The zero-order valence-electron chi connectivity index (χ0n) is 31.4. The Labute approximate surface area is 305 Å². The number of aliphatic hydroxyl groups is 2. The lowest BCUT2D eigenvalue weighted by molar-refractivity contribution is -0.176. The van der Waals surface area contributed by atoms with Crippen molar-refractivity contribution in [1.82, 2.24) is 9.80 Å². The monoisotopic (exact) mass is 732 g/mol. The maximum absolute atomic E-state index is 15.1. The number of aromatic hydroxyl groups is 3. The molecule has 5 N–H and O–H groups in total. The topological polar surface area (TPSA) is 181 Å². The highest BCUT2D eigenvalue weighted by atomic mass is 16.7. The van der Waals surface area contributed by atoms with Crippen LogP contribution in [0.25, 0.3) is 44.0 Å². The Morgan fingerprint density at radius 1 is 0.849 bits per heavy atom. The van der Waals surface area contributed by atoms with Gasteiger partial charge in [-0.3, -0.25) is 4.79 Å². The number of epoxide rings is 2. The summed E-state index contributed by atoms with van der Waals surface area (Å²) < 4.78 is 30.5. The van der Waals surface area contributed by atoms with Crippen LogP contribution in [0.4, 0.5) is 0 Å². The summed E-state index contributed by atoms with van der Waals surface area (Å²) in [7, 11) is 7.47. The summed E-state index contributed by atoms with van der Waals surface area (Å²) in [6, 6.07) is 4.42. The van der Waals surface area contributed by atoms with Gasteiger partial charge >= 0.3 is 0 Å². The van der Waals surface area contributed by atoms with Gasteiger partial charge in [-0.2, -0.15) is 0 Å². The Balaban J connectivity index is 1.48. The van der Waals surface area contributed by atoms with E-state index in [0.29, 0.717) is 22.3 Å². The first-order valence-electron chi connectivity index (χ1n) is 18.2. The Kier molecular flexibility index (Phi) is 8.26. The van der Waals surface area contributed by atoms with Crippen molar-refractivity contribution >= 4 is 44.0 Å². The Morgan fingerprint density at radius 2 is 1.55 bits per heavy atom. The first kappa shape index (κ1) is 35.9. The van der Waals surface area contributed by atoms with Crippen LogP contribution in [0, 0.1) is 6.92 Å². The molecule has 4 aliphatic rings. The minimum absolute atomic E-state index is 0.0257. The van der Waals surface area contributed by atoms with Gasteiger partial charge in [0, 0.05) is 45.6 Å². The molecule has 0 bridgehead atoms. The lowest BCUT2D eigenvalue weighted by atomic mass is 9.79. The number of ether oxygens (including phenoxy) is 4. The fourth-order valence-corrected chi connectivity index (χ4v) is 8.64. The van der Waals surface area contributed by atoms with Gasteiger partial charge in [0.25, 0.3) is 0 Å². The van der Waals surface area contributed by atoms with Gasteiger partial charge < -0.3 is 58.7 Å². The molecule has 0 aliphatic carbocycles. The molecule has 0 radical (unpaired) electrons. The smallest absolute Gasteiger partial charge is 0.202 e. The zero-order valence-corrected chi connectivity index (χ0v) is 31.4. The van der Waals surface area contributed by atoms with Crippen molar-refractivity contribution in [2.45, 2.75) is 108 Å². The Bertz CT molecular complexity index is 2390. The molecule has 0 amide bonds. The highest BCUT2D eigenvalue weighted by Crippen LogP contribution is 2.47. The molecule has 1 aromatic heterocycles. The van der Waals surface area contributed by atoms with Crippen LogP contribution < -0.4 is 16.1 Å². The number of hydrogen-bond acceptors (Lipinski definition) is 13. The van der Waals surface area contributed by atoms with Crippen molar-refractivity contribution in [3.8, 4) is 17.2 Å². The van der Waals surface area contributed by atoms with Crippen LogP contribution in [0.5, 0.6) is 17.2 Å². The number of rotatable bonds is 4. The molecule has 0 spiro atoms. The molecule has 13 nitrogen and oxygen atoms in total. The number of benzene rings is 3. The van der Waals surface area contributed by atoms with Gasteiger partial charge in [-0.25, -0.2) is 0 Å². The first-order chi connectivity index (χ1) is 24.9. The quantitative estimate of drug-likeness (QED) is 0.118. The van der Waals surface area contributed by atoms with Crippen molar-refractivity contribution in [2.24, 2.45) is 0 Å². The normalized spacial score (nSPS) is 34.9. The number of likely N-dealkylation sites (N-methyl/N-ethyl adjacent to an activating group) is 2. The van der Waals surface area contributed by atoms with Gasteiger partial charge in [0.1, 0.15) is 41.3 Å². The minimum atomic E-state index is -0.848. The minimum Gasteiger partial charge on any atom is -0.507 e. The third-order valence-corrected chi connectivity index (χ3v) is 12.2. The van der Waals surface area contributed by atoms with Crippen molar-refractivity contribution < 1.29 is 48.9 Å². The molecule has 284 valence electrons. The number of hydrogen-bond donors (Lipinski definition) is 5. The highest BCUT2D eigenvalue weighted by molar-refractivity contribution is 6.16. The van der Waals surface area contributed by atoms with Crippen LogP contribution in [0.15, 0.2) is 27.4 Å². The molecule has 4 aliphatic heterocycles. The van der Waals surface area contributed by atoms with Crippen molar-refractivity contribution in [3.05, 3.63) is 50.2 Å². The second-order valence-corrected chi connectivity index (χ2v) is 16.0. The number of aryl methyl sites for hydroxylation is 1. The molecule has 3 aromatic carbocycles. The van der Waals surface area contributed by atoms with Crippen LogP contribution in [-0.2, 0) is 18.9 Å². The second kappa shape index (κ2) is 12.2. The number of nitrogens with zero attached hydrogens (tertiary/aromatic N) is 2. The van der Waals surface area contributed by atoms with Gasteiger partial charge in [0.05, 0.1) is 40.6 Å². The summed E-state index contributed by atoms with van der Waals surface area (Å²) in [4.78, 5) is 18.9. The molecule has 0 saturated carbocycles. The Hall–Kier alpha value is -4.11. The number of aliphatic hydroxyl groups excluding tert-OH is 2. The van der Waals surface area contributed by atoms with E-state index in [1.165, 1.54) is 6.07 Å². The van der Waals surface area contributed by atoms with E-state index in [9.17, 15) is 25.5 Å². The van der Waals surface area contributed by atoms with Gasteiger partial charge in [-0.15, -0.1) is 0 Å². The van der Waals surface area contributed by atoms with Crippen LogP contribution >= 0.6 is 0 Å². The molecular weight excluding hydrogens is 684 g/mol. The molecule has 10 atom stereocenters. The molecule has 8 rings (SSSR count). The molecule has 5 heterocycles.